The average Bonchev–Trinajstić information content (AvgIpc) is 2.18. The van der Waals surface area contributed by atoms with Gasteiger partial charge in [-0.2, -0.15) is 0 Å². The van der Waals surface area contributed by atoms with Gasteiger partial charge in [-0.3, -0.25) is 0 Å². The number of nitrogens with one attached hydrogen (secondary N) is 2. The Hall–Kier alpha value is -0.770. The standard InChI is InChI=1S/C14H28N2O2/c1-6-10(7-2)15-11-8-12(9-11)16-13(17)18-14(3,4)5/h10-12,15H,6-9H2,1-5H3,(H,16,17). The van der Waals surface area contributed by atoms with Crippen molar-refractivity contribution in [3.8, 4) is 0 Å². The maximum absolute atomic E-state index is 11.5. The van der Waals surface area contributed by atoms with Crippen molar-refractivity contribution in [1.29, 1.82) is 0 Å². The van der Waals surface area contributed by atoms with E-state index in [0.29, 0.717) is 12.1 Å². The lowest BCUT2D eigenvalue weighted by atomic mass is 9.86. The zero-order valence-corrected chi connectivity index (χ0v) is 12.4. The van der Waals surface area contributed by atoms with Gasteiger partial charge in [0.25, 0.3) is 0 Å². The summed E-state index contributed by atoms with van der Waals surface area (Å²) in [6, 6.07) is 1.43. The third-order valence-corrected chi connectivity index (χ3v) is 3.32. The quantitative estimate of drug-likeness (QED) is 0.795. The lowest BCUT2D eigenvalue weighted by Gasteiger charge is -2.38. The van der Waals surface area contributed by atoms with E-state index in [4.69, 9.17) is 4.74 Å². The van der Waals surface area contributed by atoms with Gasteiger partial charge in [-0.1, -0.05) is 13.8 Å². The highest BCUT2D eigenvalue weighted by atomic mass is 16.6. The fourth-order valence-electron chi connectivity index (χ4n) is 2.20. The van der Waals surface area contributed by atoms with Gasteiger partial charge in [0.1, 0.15) is 5.60 Å². The van der Waals surface area contributed by atoms with E-state index in [1.165, 1.54) is 0 Å². The summed E-state index contributed by atoms with van der Waals surface area (Å²) >= 11 is 0. The summed E-state index contributed by atoms with van der Waals surface area (Å²) in [7, 11) is 0. The Labute approximate surface area is 111 Å². The predicted octanol–water partition coefficient (Wildman–Crippen LogP) is 2.82. The Bertz CT molecular complexity index is 263. The van der Waals surface area contributed by atoms with Crippen LogP contribution in [0.5, 0.6) is 0 Å². The van der Waals surface area contributed by atoms with Crippen LogP contribution in [0.1, 0.15) is 60.3 Å². The van der Waals surface area contributed by atoms with E-state index in [1.807, 2.05) is 20.8 Å². The number of carbonyl (C=O) groups is 1. The Balaban J connectivity index is 2.17. The number of amides is 1. The lowest BCUT2D eigenvalue weighted by molar-refractivity contribution is 0.0462. The molecule has 1 aliphatic carbocycles. The average molecular weight is 256 g/mol. The van der Waals surface area contributed by atoms with Gasteiger partial charge >= 0.3 is 6.09 Å². The normalized spacial score (nSPS) is 23.7. The van der Waals surface area contributed by atoms with Crippen LogP contribution >= 0.6 is 0 Å². The molecule has 1 amide bonds. The second-order valence-electron chi connectivity index (χ2n) is 6.19. The van der Waals surface area contributed by atoms with E-state index in [9.17, 15) is 4.79 Å². The van der Waals surface area contributed by atoms with E-state index < -0.39 is 5.60 Å². The van der Waals surface area contributed by atoms with Gasteiger partial charge in [0.2, 0.25) is 0 Å². The number of ether oxygens (including phenoxy) is 1. The molecule has 0 spiro atoms. The van der Waals surface area contributed by atoms with Crippen molar-refractivity contribution in [3.63, 3.8) is 0 Å². The Morgan fingerprint density at radius 1 is 1.22 bits per heavy atom. The molecule has 0 heterocycles. The minimum absolute atomic E-state index is 0.270. The number of hydrogen-bond acceptors (Lipinski definition) is 3. The van der Waals surface area contributed by atoms with E-state index in [0.717, 1.165) is 25.7 Å². The van der Waals surface area contributed by atoms with Gasteiger partial charge < -0.3 is 15.4 Å². The minimum atomic E-state index is -0.416. The smallest absolute Gasteiger partial charge is 0.407 e. The van der Waals surface area contributed by atoms with Crippen molar-refractivity contribution in [2.45, 2.75) is 84.0 Å². The number of rotatable bonds is 5. The van der Waals surface area contributed by atoms with Crippen molar-refractivity contribution in [3.05, 3.63) is 0 Å². The van der Waals surface area contributed by atoms with Gasteiger partial charge in [0, 0.05) is 18.1 Å². The van der Waals surface area contributed by atoms with Crippen molar-refractivity contribution in [1.82, 2.24) is 10.6 Å². The highest BCUT2D eigenvalue weighted by Gasteiger charge is 2.32. The molecule has 0 aliphatic heterocycles. The molecule has 0 atom stereocenters. The van der Waals surface area contributed by atoms with Gasteiger partial charge in [0.05, 0.1) is 0 Å². The number of alkyl carbamates (subject to hydrolysis) is 1. The molecular formula is C14H28N2O2. The fraction of sp³-hybridized carbons (Fsp3) is 0.929. The zero-order valence-electron chi connectivity index (χ0n) is 12.4. The molecule has 0 aromatic heterocycles. The molecule has 0 bridgehead atoms. The molecular weight excluding hydrogens is 228 g/mol. The fourth-order valence-corrected chi connectivity index (χ4v) is 2.20. The summed E-state index contributed by atoms with van der Waals surface area (Å²) in [5.74, 6) is 0. The SMILES string of the molecule is CCC(CC)NC1CC(NC(=O)OC(C)(C)C)C1. The molecule has 1 fully saturated rings. The molecule has 1 saturated carbocycles. The summed E-state index contributed by atoms with van der Waals surface area (Å²) in [4.78, 5) is 11.5. The topological polar surface area (TPSA) is 50.4 Å². The first kappa shape index (κ1) is 15.3. The molecule has 0 saturated heterocycles. The maximum Gasteiger partial charge on any atom is 0.407 e. The third-order valence-electron chi connectivity index (χ3n) is 3.32. The van der Waals surface area contributed by atoms with Crippen molar-refractivity contribution >= 4 is 6.09 Å². The van der Waals surface area contributed by atoms with E-state index in [-0.39, 0.29) is 12.1 Å². The summed E-state index contributed by atoms with van der Waals surface area (Å²) in [5, 5.41) is 6.52. The largest absolute Gasteiger partial charge is 0.444 e. The molecule has 4 nitrogen and oxygen atoms in total. The first-order chi connectivity index (χ1) is 8.34. The Kier molecular flexibility index (Phi) is 5.45. The summed E-state index contributed by atoms with van der Waals surface area (Å²) in [6.45, 7) is 10.0. The van der Waals surface area contributed by atoms with Crippen LogP contribution in [0.15, 0.2) is 0 Å². The van der Waals surface area contributed by atoms with Crippen LogP contribution in [0.3, 0.4) is 0 Å². The molecule has 4 heteroatoms. The van der Waals surface area contributed by atoms with Gasteiger partial charge in [-0.15, -0.1) is 0 Å². The van der Waals surface area contributed by atoms with Crippen LogP contribution < -0.4 is 10.6 Å². The Morgan fingerprint density at radius 2 is 1.78 bits per heavy atom. The summed E-state index contributed by atoms with van der Waals surface area (Å²) in [6.07, 6.45) is 4.05. The van der Waals surface area contributed by atoms with Crippen LogP contribution in [-0.2, 0) is 4.74 Å². The third kappa shape index (κ3) is 5.25. The zero-order chi connectivity index (χ0) is 13.8. The van der Waals surface area contributed by atoms with E-state index >= 15 is 0 Å². The van der Waals surface area contributed by atoms with Crippen LogP contribution in [0.2, 0.25) is 0 Å². The van der Waals surface area contributed by atoms with Crippen LogP contribution in [0.4, 0.5) is 4.79 Å². The Morgan fingerprint density at radius 3 is 2.22 bits per heavy atom. The van der Waals surface area contributed by atoms with Crippen molar-refractivity contribution in [2.75, 3.05) is 0 Å². The van der Waals surface area contributed by atoms with Crippen LogP contribution in [0, 0.1) is 0 Å². The van der Waals surface area contributed by atoms with Gasteiger partial charge in [0.15, 0.2) is 0 Å². The second kappa shape index (κ2) is 6.41. The predicted molar refractivity (Wildman–Crippen MR) is 73.7 cm³/mol. The van der Waals surface area contributed by atoms with E-state index in [2.05, 4.69) is 24.5 Å². The van der Waals surface area contributed by atoms with E-state index in [1.54, 1.807) is 0 Å². The van der Waals surface area contributed by atoms with Crippen LogP contribution in [-0.4, -0.2) is 29.8 Å². The summed E-state index contributed by atoms with van der Waals surface area (Å²) in [5.41, 5.74) is -0.416. The molecule has 0 aromatic carbocycles. The van der Waals surface area contributed by atoms with Gasteiger partial charge in [-0.05, 0) is 46.5 Å². The second-order valence-corrected chi connectivity index (χ2v) is 6.19. The van der Waals surface area contributed by atoms with Crippen molar-refractivity contribution in [2.24, 2.45) is 0 Å². The molecule has 2 N–H and O–H groups in total. The lowest BCUT2D eigenvalue weighted by Crippen LogP contribution is -2.55. The number of carbonyl (C=O) groups excluding carboxylic acids is 1. The molecule has 106 valence electrons. The highest BCUT2D eigenvalue weighted by Crippen LogP contribution is 2.22. The van der Waals surface area contributed by atoms with Crippen molar-refractivity contribution < 1.29 is 9.53 Å². The van der Waals surface area contributed by atoms with Crippen LogP contribution in [0.25, 0.3) is 0 Å². The first-order valence-electron chi connectivity index (χ1n) is 7.09. The molecule has 0 radical (unpaired) electrons. The molecule has 1 aliphatic rings. The first-order valence-corrected chi connectivity index (χ1v) is 7.09. The minimum Gasteiger partial charge on any atom is -0.444 e. The number of hydrogen-bond donors (Lipinski definition) is 2. The molecule has 18 heavy (non-hydrogen) atoms. The highest BCUT2D eigenvalue weighted by molar-refractivity contribution is 5.68. The monoisotopic (exact) mass is 256 g/mol. The maximum atomic E-state index is 11.5. The molecule has 0 aromatic rings. The summed E-state index contributed by atoms with van der Waals surface area (Å²) < 4.78 is 5.23. The van der Waals surface area contributed by atoms with Gasteiger partial charge in [-0.25, -0.2) is 4.79 Å². The molecule has 1 rings (SSSR count). The molecule has 0 unspecified atom stereocenters.